The summed E-state index contributed by atoms with van der Waals surface area (Å²) >= 11 is 0. The smallest absolute Gasteiger partial charge is 0.415 e. The summed E-state index contributed by atoms with van der Waals surface area (Å²) in [6.07, 6.45) is -1.99. The maximum Gasteiger partial charge on any atom is 0.415 e. The third-order valence-corrected chi connectivity index (χ3v) is 9.72. The molecule has 1 saturated carbocycles. The highest BCUT2D eigenvalue weighted by atomic mass is 19.4. The van der Waals surface area contributed by atoms with Gasteiger partial charge < -0.3 is 19.9 Å². The van der Waals surface area contributed by atoms with Crippen LogP contribution in [0.5, 0.6) is 0 Å². The second-order valence-corrected chi connectivity index (χ2v) is 12.5. The summed E-state index contributed by atoms with van der Waals surface area (Å²) in [4.78, 5) is 44.9. The van der Waals surface area contributed by atoms with Crippen molar-refractivity contribution >= 4 is 36.3 Å². The van der Waals surface area contributed by atoms with Crippen LogP contribution in [0.3, 0.4) is 0 Å². The summed E-state index contributed by atoms with van der Waals surface area (Å²) in [5.41, 5.74) is 1.98. The standard InChI is InChI=1S/C32H38BF3N5O4/c1-20-6-8-24(32(34,35)36)25(16-20)33-29-23(7-9-27(29)40-18-37-19-40)28(42)17-45-31(44)39-13-11-22(12-14-39)41-15-10-21-4-2-3-5-26(21)38-30(41)43/h2-6,8,16,22-23,27,29,37H,7,9-15,17-19H2,1H3,(H,38,43). The first-order valence-corrected chi connectivity index (χ1v) is 15.7. The van der Waals surface area contributed by atoms with E-state index in [0.717, 1.165) is 23.7 Å². The summed E-state index contributed by atoms with van der Waals surface area (Å²) < 4.78 is 47.1. The number of alkyl halides is 3. The number of ether oxygens (including phenoxy) is 1. The second kappa shape index (κ2) is 13.0. The number of amides is 3. The molecule has 3 atom stereocenters. The molecule has 0 spiro atoms. The Morgan fingerprint density at radius 1 is 1.02 bits per heavy atom. The van der Waals surface area contributed by atoms with E-state index < -0.39 is 36.2 Å². The number of carbonyl (C=O) groups is 3. The van der Waals surface area contributed by atoms with Crippen molar-refractivity contribution in [1.82, 2.24) is 20.0 Å². The molecule has 6 rings (SSSR count). The topological polar surface area (TPSA) is 94.2 Å². The Hall–Kier alpha value is -3.58. The molecule has 2 aromatic carbocycles. The van der Waals surface area contributed by atoms with Crippen LogP contribution in [0.15, 0.2) is 42.5 Å². The van der Waals surface area contributed by atoms with E-state index in [2.05, 4.69) is 15.5 Å². The Kier molecular flexibility index (Phi) is 9.10. The van der Waals surface area contributed by atoms with Crippen LogP contribution in [0.1, 0.15) is 42.4 Å². The molecule has 3 fully saturated rings. The van der Waals surface area contributed by atoms with Crippen LogP contribution < -0.4 is 16.1 Å². The zero-order chi connectivity index (χ0) is 31.7. The molecule has 9 nitrogen and oxygen atoms in total. The molecule has 13 heteroatoms. The highest BCUT2D eigenvalue weighted by Crippen LogP contribution is 2.41. The minimum Gasteiger partial charge on any atom is -0.441 e. The van der Waals surface area contributed by atoms with Gasteiger partial charge in [0.15, 0.2) is 19.7 Å². The largest absolute Gasteiger partial charge is 0.441 e. The van der Waals surface area contributed by atoms with E-state index in [9.17, 15) is 27.6 Å². The Labute approximate surface area is 261 Å². The van der Waals surface area contributed by atoms with Crippen LogP contribution >= 0.6 is 0 Å². The predicted molar refractivity (Wildman–Crippen MR) is 163 cm³/mol. The van der Waals surface area contributed by atoms with Crippen molar-refractivity contribution in [1.29, 1.82) is 0 Å². The highest BCUT2D eigenvalue weighted by Gasteiger charge is 2.45. The third-order valence-electron chi connectivity index (χ3n) is 9.72. The van der Waals surface area contributed by atoms with Crippen molar-refractivity contribution in [3.05, 3.63) is 59.2 Å². The Balaban J connectivity index is 1.05. The minimum absolute atomic E-state index is 0.0177. The number of carbonyl (C=O) groups excluding carboxylic acids is 3. The first kappa shape index (κ1) is 31.4. The van der Waals surface area contributed by atoms with Crippen LogP contribution in [-0.2, 0) is 22.1 Å². The van der Waals surface area contributed by atoms with Gasteiger partial charge in [-0.1, -0.05) is 47.4 Å². The Bertz CT molecular complexity index is 1430. The van der Waals surface area contributed by atoms with Crippen molar-refractivity contribution < 1.29 is 32.3 Å². The molecular formula is C32H38BF3N5O4. The van der Waals surface area contributed by atoms with Crippen LogP contribution in [0, 0.1) is 12.8 Å². The fourth-order valence-corrected chi connectivity index (χ4v) is 7.22. The SMILES string of the molecule is Cc1ccc(C(F)(F)F)c([B]C2C(C(=O)COC(=O)N3CCC(N4CCc5ccccc5NC4=O)CC3)CCC2N2CNC2)c1. The molecule has 1 aliphatic carbocycles. The second-order valence-electron chi connectivity index (χ2n) is 12.5. The van der Waals surface area contributed by atoms with Gasteiger partial charge in [-0.2, -0.15) is 13.2 Å². The Morgan fingerprint density at radius 3 is 2.49 bits per heavy atom. The molecule has 2 aromatic rings. The van der Waals surface area contributed by atoms with Gasteiger partial charge in [0, 0.05) is 48.9 Å². The van der Waals surface area contributed by atoms with Crippen molar-refractivity contribution in [3.8, 4) is 0 Å². The van der Waals surface area contributed by atoms with Gasteiger partial charge in [0.05, 0.1) is 13.3 Å². The molecule has 3 heterocycles. The number of hydrogen-bond acceptors (Lipinski definition) is 6. The molecule has 3 unspecified atom stereocenters. The number of Topliss-reactive ketones (excluding diaryl/α,β-unsaturated/α-hetero) is 1. The van der Waals surface area contributed by atoms with Gasteiger partial charge in [0.25, 0.3) is 0 Å². The number of fused-ring (bicyclic) bond motifs is 1. The fraction of sp³-hybridized carbons (Fsp3) is 0.531. The number of urea groups is 1. The fourth-order valence-electron chi connectivity index (χ4n) is 7.22. The number of anilines is 1. The number of nitrogens with zero attached hydrogens (tertiary/aromatic N) is 3. The lowest BCUT2D eigenvalue weighted by Gasteiger charge is -2.41. The van der Waals surface area contributed by atoms with Gasteiger partial charge >= 0.3 is 18.3 Å². The van der Waals surface area contributed by atoms with E-state index in [4.69, 9.17) is 4.74 Å². The molecule has 1 radical (unpaired) electrons. The summed E-state index contributed by atoms with van der Waals surface area (Å²) in [6, 6.07) is 11.6. The molecule has 3 amide bonds. The number of nitrogens with one attached hydrogen (secondary N) is 2. The first-order chi connectivity index (χ1) is 21.6. The van der Waals surface area contributed by atoms with Crippen LogP contribution in [-0.4, -0.2) is 91.5 Å². The van der Waals surface area contributed by atoms with Gasteiger partial charge in [0.2, 0.25) is 0 Å². The average molecular weight is 624 g/mol. The van der Waals surface area contributed by atoms with Crippen LogP contribution in [0.25, 0.3) is 0 Å². The molecule has 2 N–H and O–H groups in total. The number of halogens is 3. The summed E-state index contributed by atoms with van der Waals surface area (Å²) in [7, 11) is 1.61. The maximum absolute atomic E-state index is 13.9. The van der Waals surface area contributed by atoms with Crippen molar-refractivity contribution in [3.63, 3.8) is 0 Å². The number of benzene rings is 2. The Morgan fingerprint density at radius 2 is 1.78 bits per heavy atom. The normalized spacial score (nSPS) is 24.4. The monoisotopic (exact) mass is 624 g/mol. The molecule has 0 aromatic heterocycles. The van der Waals surface area contributed by atoms with Crippen LogP contribution in [0.2, 0.25) is 5.82 Å². The zero-order valence-electron chi connectivity index (χ0n) is 25.3. The number of aryl methyl sites for hydroxylation is 1. The van der Waals surface area contributed by atoms with Gasteiger partial charge in [-0.3, -0.25) is 15.0 Å². The summed E-state index contributed by atoms with van der Waals surface area (Å²) in [6.45, 7) is 3.94. The molecule has 239 valence electrons. The maximum atomic E-state index is 13.9. The lowest BCUT2D eigenvalue weighted by atomic mass is 9.52. The van der Waals surface area contributed by atoms with Crippen LogP contribution in [0.4, 0.5) is 28.4 Å². The molecule has 0 bridgehead atoms. The van der Waals surface area contributed by atoms with E-state index in [0.29, 0.717) is 64.2 Å². The quantitative estimate of drug-likeness (QED) is 0.453. The average Bonchev–Trinajstić information content (AvgIpc) is 3.29. The van der Waals surface area contributed by atoms with Gasteiger partial charge in [0.1, 0.15) is 0 Å². The van der Waals surface area contributed by atoms with E-state index in [1.807, 2.05) is 29.2 Å². The minimum atomic E-state index is -4.52. The number of hydrogen-bond donors (Lipinski definition) is 2. The van der Waals surface area contributed by atoms with E-state index >= 15 is 0 Å². The summed E-state index contributed by atoms with van der Waals surface area (Å²) in [5, 5.41) is 6.16. The van der Waals surface area contributed by atoms with Gasteiger partial charge in [-0.25, -0.2) is 9.59 Å². The highest BCUT2D eigenvalue weighted by molar-refractivity contribution is 6.56. The number of rotatable bonds is 7. The first-order valence-electron chi connectivity index (χ1n) is 15.7. The number of piperidine rings is 1. The van der Waals surface area contributed by atoms with Crippen molar-refractivity contribution in [2.75, 3.05) is 44.9 Å². The summed E-state index contributed by atoms with van der Waals surface area (Å²) in [5.74, 6) is -1.28. The number of likely N-dealkylation sites (tertiary alicyclic amines) is 1. The third kappa shape index (κ3) is 6.84. The zero-order valence-corrected chi connectivity index (χ0v) is 25.3. The number of para-hydroxylation sites is 1. The van der Waals surface area contributed by atoms with Gasteiger partial charge in [-0.15, -0.1) is 0 Å². The lowest BCUT2D eigenvalue weighted by molar-refractivity contribution is -0.136. The van der Waals surface area contributed by atoms with Crippen molar-refractivity contribution in [2.45, 2.75) is 63.1 Å². The van der Waals surface area contributed by atoms with Crippen molar-refractivity contribution in [2.24, 2.45) is 5.92 Å². The number of ketones is 1. The predicted octanol–water partition coefficient (Wildman–Crippen LogP) is 3.99. The lowest BCUT2D eigenvalue weighted by Crippen LogP contribution is -2.58. The molecule has 4 aliphatic rings. The molecular weight excluding hydrogens is 586 g/mol. The van der Waals surface area contributed by atoms with E-state index in [-0.39, 0.29) is 29.4 Å². The molecule has 45 heavy (non-hydrogen) atoms. The molecule has 2 saturated heterocycles. The van der Waals surface area contributed by atoms with Gasteiger partial charge in [-0.05, 0) is 56.5 Å². The van der Waals surface area contributed by atoms with E-state index in [1.54, 1.807) is 19.1 Å². The van der Waals surface area contributed by atoms with E-state index in [1.165, 1.54) is 12.1 Å². The molecule has 3 aliphatic heterocycles.